The highest BCUT2D eigenvalue weighted by atomic mass is 79.9. The number of rotatable bonds is 3. The van der Waals surface area contributed by atoms with Gasteiger partial charge in [0, 0.05) is 6.54 Å². The van der Waals surface area contributed by atoms with Crippen molar-refractivity contribution < 1.29 is 19.4 Å². The quantitative estimate of drug-likeness (QED) is 0.800. The van der Waals surface area contributed by atoms with E-state index < -0.39 is 5.60 Å². The van der Waals surface area contributed by atoms with Gasteiger partial charge in [0.25, 0.3) is 0 Å². The molecule has 100 valence electrons. The summed E-state index contributed by atoms with van der Waals surface area (Å²) in [6.07, 6.45) is -0.410. The predicted molar refractivity (Wildman–Crippen MR) is 67.3 cm³/mol. The van der Waals surface area contributed by atoms with Gasteiger partial charge in [-0.25, -0.2) is 4.79 Å². The molecule has 1 saturated heterocycles. The second-order valence-corrected chi connectivity index (χ2v) is 6.21. The second kappa shape index (κ2) is 6.02. The van der Waals surface area contributed by atoms with Crippen LogP contribution in [0.25, 0.3) is 0 Å². The Morgan fingerprint density at radius 1 is 1.47 bits per heavy atom. The summed E-state index contributed by atoms with van der Waals surface area (Å²) in [5.41, 5.74) is -0.483. The normalized spacial score (nSPS) is 25.1. The van der Waals surface area contributed by atoms with Crippen LogP contribution in [0.4, 0.5) is 4.79 Å². The van der Waals surface area contributed by atoms with Crippen molar-refractivity contribution in [3.8, 4) is 0 Å². The number of likely N-dealkylation sites (tertiary alicyclic amines) is 1. The zero-order valence-corrected chi connectivity index (χ0v) is 12.1. The van der Waals surface area contributed by atoms with Crippen molar-refractivity contribution in [2.24, 2.45) is 0 Å². The lowest BCUT2D eigenvalue weighted by Crippen LogP contribution is -2.36. The van der Waals surface area contributed by atoms with Crippen LogP contribution in [0.15, 0.2) is 0 Å². The highest BCUT2D eigenvalue weighted by Gasteiger charge is 2.36. The van der Waals surface area contributed by atoms with Crippen molar-refractivity contribution in [3.05, 3.63) is 0 Å². The Balaban J connectivity index is 2.45. The van der Waals surface area contributed by atoms with E-state index in [9.17, 15) is 4.79 Å². The molecule has 2 unspecified atom stereocenters. The van der Waals surface area contributed by atoms with Gasteiger partial charge in [-0.3, -0.25) is 0 Å². The first-order valence-corrected chi connectivity index (χ1v) is 6.59. The van der Waals surface area contributed by atoms with Crippen LogP contribution in [-0.2, 0) is 9.47 Å². The number of carbonyl (C=O) groups excluding carboxylic acids is 1. The number of aliphatic hydroxyl groups excluding tert-OH is 1. The predicted octanol–water partition coefficient (Wildman–Crippen LogP) is 1.38. The Bertz CT molecular complexity index is 267. The third kappa shape index (κ3) is 4.81. The lowest BCUT2D eigenvalue weighted by atomic mass is 10.2. The molecule has 1 heterocycles. The van der Waals surface area contributed by atoms with Crippen molar-refractivity contribution >= 4 is 22.0 Å². The van der Waals surface area contributed by atoms with E-state index in [4.69, 9.17) is 14.6 Å². The molecule has 1 rings (SSSR count). The van der Waals surface area contributed by atoms with E-state index in [1.165, 1.54) is 0 Å². The standard InChI is InChI=1S/C11H20BrNO4/c1-11(2,3)17-10(15)13-6-8(12)9(7-13)16-5-4-14/h8-9,14H,4-7H2,1-3H3. The summed E-state index contributed by atoms with van der Waals surface area (Å²) in [6.45, 7) is 6.85. The van der Waals surface area contributed by atoms with Crippen molar-refractivity contribution in [1.29, 1.82) is 0 Å². The Morgan fingerprint density at radius 2 is 2.12 bits per heavy atom. The fourth-order valence-corrected chi connectivity index (χ4v) is 2.24. The summed E-state index contributed by atoms with van der Waals surface area (Å²) in [4.78, 5) is 13.5. The molecular formula is C11H20BrNO4. The Labute approximate surface area is 110 Å². The number of hydrogen-bond donors (Lipinski definition) is 1. The molecule has 0 saturated carbocycles. The summed E-state index contributed by atoms with van der Waals surface area (Å²) in [5, 5.41) is 8.70. The SMILES string of the molecule is CC(C)(C)OC(=O)N1CC(Br)C(OCCO)C1. The van der Waals surface area contributed by atoms with Crippen molar-refractivity contribution in [2.45, 2.75) is 37.3 Å². The number of amides is 1. The molecule has 1 amide bonds. The number of hydrogen-bond acceptors (Lipinski definition) is 4. The Hall–Kier alpha value is -0.330. The molecule has 0 bridgehead atoms. The molecule has 5 nitrogen and oxygen atoms in total. The topological polar surface area (TPSA) is 59.0 Å². The highest BCUT2D eigenvalue weighted by molar-refractivity contribution is 9.09. The van der Waals surface area contributed by atoms with Gasteiger partial charge >= 0.3 is 6.09 Å². The number of alkyl halides is 1. The Kier molecular flexibility index (Phi) is 5.22. The molecule has 0 aromatic carbocycles. The first kappa shape index (κ1) is 14.7. The zero-order valence-electron chi connectivity index (χ0n) is 10.5. The van der Waals surface area contributed by atoms with Crippen molar-refractivity contribution in [3.63, 3.8) is 0 Å². The van der Waals surface area contributed by atoms with Gasteiger partial charge in [0.1, 0.15) is 5.60 Å². The molecule has 1 aliphatic rings. The molecule has 0 aromatic heterocycles. The van der Waals surface area contributed by atoms with E-state index in [1.54, 1.807) is 4.90 Å². The van der Waals surface area contributed by atoms with E-state index in [-0.39, 0.29) is 30.2 Å². The van der Waals surface area contributed by atoms with Crippen LogP contribution in [-0.4, -0.2) is 58.9 Å². The fraction of sp³-hybridized carbons (Fsp3) is 0.909. The van der Waals surface area contributed by atoms with Gasteiger partial charge in [0.2, 0.25) is 0 Å². The van der Waals surface area contributed by atoms with Gasteiger partial charge in [-0.15, -0.1) is 0 Å². The van der Waals surface area contributed by atoms with E-state index in [2.05, 4.69) is 15.9 Å². The smallest absolute Gasteiger partial charge is 0.410 e. The molecule has 0 aromatic rings. The lowest BCUT2D eigenvalue weighted by molar-refractivity contribution is 0.0163. The minimum absolute atomic E-state index is 0.0113. The average Bonchev–Trinajstić information content (AvgIpc) is 2.54. The van der Waals surface area contributed by atoms with Crippen LogP contribution in [0.1, 0.15) is 20.8 Å². The van der Waals surface area contributed by atoms with Gasteiger partial charge in [0.15, 0.2) is 0 Å². The van der Waals surface area contributed by atoms with Gasteiger partial charge < -0.3 is 19.5 Å². The summed E-state index contributed by atoms with van der Waals surface area (Å²) < 4.78 is 10.7. The van der Waals surface area contributed by atoms with Gasteiger partial charge in [0.05, 0.1) is 30.7 Å². The van der Waals surface area contributed by atoms with Crippen LogP contribution in [0.3, 0.4) is 0 Å². The van der Waals surface area contributed by atoms with Gasteiger partial charge in [-0.05, 0) is 20.8 Å². The first-order chi connectivity index (χ1) is 7.83. The fourth-order valence-electron chi connectivity index (χ4n) is 1.57. The van der Waals surface area contributed by atoms with E-state index in [0.29, 0.717) is 13.1 Å². The third-order valence-corrected chi connectivity index (χ3v) is 3.15. The number of aliphatic hydroxyl groups is 1. The van der Waals surface area contributed by atoms with Gasteiger partial charge in [-0.2, -0.15) is 0 Å². The van der Waals surface area contributed by atoms with E-state index in [0.717, 1.165) is 0 Å². The third-order valence-electron chi connectivity index (χ3n) is 2.27. The highest BCUT2D eigenvalue weighted by Crippen LogP contribution is 2.22. The maximum atomic E-state index is 11.8. The number of nitrogens with zero attached hydrogens (tertiary/aromatic N) is 1. The zero-order chi connectivity index (χ0) is 13.1. The molecule has 1 aliphatic heterocycles. The van der Waals surface area contributed by atoms with Gasteiger partial charge in [-0.1, -0.05) is 15.9 Å². The molecule has 6 heteroatoms. The van der Waals surface area contributed by atoms with E-state index in [1.807, 2.05) is 20.8 Å². The monoisotopic (exact) mass is 309 g/mol. The van der Waals surface area contributed by atoms with Crippen LogP contribution in [0.5, 0.6) is 0 Å². The molecule has 2 atom stereocenters. The van der Waals surface area contributed by atoms with Crippen LogP contribution >= 0.6 is 15.9 Å². The number of ether oxygens (including phenoxy) is 2. The number of halogens is 1. The van der Waals surface area contributed by atoms with Crippen LogP contribution in [0.2, 0.25) is 0 Å². The minimum Gasteiger partial charge on any atom is -0.444 e. The largest absolute Gasteiger partial charge is 0.444 e. The second-order valence-electron chi connectivity index (χ2n) is 5.03. The summed E-state index contributed by atoms with van der Waals surface area (Å²) >= 11 is 3.47. The Morgan fingerprint density at radius 3 is 2.65 bits per heavy atom. The average molecular weight is 310 g/mol. The van der Waals surface area contributed by atoms with Crippen LogP contribution < -0.4 is 0 Å². The summed E-state index contributed by atoms with van der Waals surface area (Å²) in [7, 11) is 0. The van der Waals surface area contributed by atoms with Crippen LogP contribution in [0, 0.1) is 0 Å². The molecule has 1 N–H and O–H groups in total. The summed E-state index contributed by atoms with van der Waals surface area (Å²) in [5.74, 6) is 0. The molecule has 0 radical (unpaired) electrons. The molecule has 0 aliphatic carbocycles. The summed E-state index contributed by atoms with van der Waals surface area (Å²) in [6, 6.07) is 0. The van der Waals surface area contributed by atoms with Crippen molar-refractivity contribution in [2.75, 3.05) is 26.3 Å². The maximum absolute atomic E-state index is 11.8. The van der Waals surface area contributed by atoms with Crippen molar-refractivity contribution in [1.82, 2.24) is 4.90 Å². The molecule has 17 heavy (non-hydrogen) atoms. The number of carbonyl (C=O) groups is 1. The van der Waals surface area contributed by atoms with E-state index >= 15 is 0 Å². The maximum Gasteiger partial charge on any atom is 0.410 e. The molecule has 1 fully saturated rings. The molecular weight excluding hydrogens is 290 g/mol. The minimum atomic E-state index is -0.483. The molecule has 0 spiro atoms. The lowest BCUT2D eigenvalue weighted by Gasteiger charge is -2.24. The first-order valence-electron chi connectivity index (χ1n) is 5.68.